The molecule has 1 N–H and O–H groups in total. The van der Waals surface area contributed by atoms with Gasteiger partial charge in [0.05, 0.1) is 10.6 Å². The van der Waals surface area contributed by atoms with Gasteiger partial charge in [0, 0.05) is 48.6 Å². The van der Waals surface area contributed by atoms with Crippen molar-refractivity contribution in [3.05, 3.63) is 82.3 Å². The van der Waals surface area contributed by atoms with Crippen LogP contribution in [-0.4, -0.2) is 20.4 Å². The first-order valence-electron chi connectivity index (χ1n) is 9.48. The number of nitro benzene ring substituents is 1. The lowest BCUT2D eigenvalue weighted by atomic mass is 10.1. The number of nitro groups is 1. The van der Waals surface area contributed by atoms with E-state index in [0.717, 1.165) is 30.0 Å². The summed E-state index contributed by atoms with van der Waals surface area (Å²) >= 11 is 0. The topological polar surface area (TPSA) is 90.1 Å². The first-order valence-corrected chi connectivity index (χ1v) is 9.48. The van der Waals surface area contributed by atoms with Crippen LogP contribution < -0.4 is 5.32 Å². The Morgan fingerprint density at radius 1 is 1.17 bits per heavy atom. The third-order valence-electron chi connectivity index (χ3n) is 4.86. The van der Waals surface area contributed by atoms with E-state index in [9.17, 15) is 14.9 Å². The van der Waals surface area contributed by atoms with Crippen molar-refractivity contribution in [2.75, 3.05) is 5.32 Å². The lowest BCUT2D eigenvalue weighted by Gasteiger charge is -2.11. The zero-order valence-electron chi connectivity index (χ0n) is 15.7. The van der Waals surface area contributed by atoms with Crippen molar-refractivity contribution in [3.8, 4) is 11.3 Å². The van der Waals surface area contributed by atoms with Gasteiger partial charge in [-0.05, 0) is 36.6 Å². The van der Waals surface area contributed by atoms with Crippen LogP contribution in [0.25, 0.3) is 17.3 Å². The molecule has 146 valence electrons. The molecule has 0 bridgehead atoms. The number of hydrogen-bond donors (Lipinski definition) is 1. The van der Waals surface area contributed by atoms with Crippen LogP contribution in [0.2, 0.25) is 0 Å². The van der Waals surface area contributed by atoms with Gasteiger partial charge in [-0.15, -0.1) is 0 Å². The van der Waals surface area contributed by atoms with Crippen LogP contribution in [0.3, 0.4) is 0 Å². The van der Waals surface area contributed by atoms with Gasteiger partial charge in [0.2, 0.25) is 5.91 Å². The van der Waals surface area contributed by atoms with Crippen LogP contribution in [0.5, 0.6) is 0 Å². The molecule has 2 heterocycles. The fourth-order valence-electron chi connectivity index (χ4n) is 3.37. The molecule has 0 saturated heterocycles. The van der Waals surface area contributed by atoms with Gasteiger partial charge in [-0.25, -0.2) is 4.98 Å². The second-order valence-electron chi connectivity index (χ2n) is 6.94. The Balaban J connectivity index is 1.40. The van der Waals surface area contributed by atoms with E-state index in [2.05, 4.69) is 16.1 Å². The molecule has 0 atom stereocenters. The third-order valence-corrected chi connectivity index (χ3v) is 4.86. The highest BCUT2D eigenvalue weighted by molar-refractivity contribution is 6.02. The van der Waals surface area contributed by atoms with Gasteiger partial charge in [0.15, 0.2) is 0 Å². The van der Waals surface area contributed by atoms with Crippen LogP contribution in [0.15, 0.2) is 60.8 Å². The molecule has 0 radical (unpaired) electrons. The van der Waals surface area contributed by atoms with E-state index in [0.29, 0.717) is 11.3 Å². The molecular weight excluding hydrogens is 368 g/mol. The second-order valence-corrected chi connectivity index (χ2v) is 6.94. The van der Waals surface area contributed by atoms with E-state index in [1.165, 1.54) is 31.1 Å². The van der Waals surface area contributed by atoms with E-state index in [1.54, 1.807) is 18.2 Å². The van der Waals surface area contributed by atoms with E-state index >= 15 is 0 Å². The van der Waals surface area contributed by atoms with Crippen molar-refractivity contribution in [2.45, 2.75) is 25.8 Å². The minimum Gasteiger partial charge on any atom is -0.334 e. The molecule has 7 heteroatoms. The largest absolute Gasteiger partial charge is 0.334 e. The Morgan fingerprint density at radius 2 is 2.00 bits per heavy atom. The SMILES string of the molecule is O=C(/C=C/c1cccc([N+](=O)[O-])c1)Nc1ccc(-c2cn3c(n2)CCCC3)cc1. The van der Waals surface area contributed by atoms with E-state index in [4.69, 9.17) is 4.98 Å². The van der Waals surface area contributed by atoms with E-state index < -0.39 is 4.92 Å². The predicted molar refractivity (Wildman–Crippen MR) is 111 cm³/mol. The highest BCUT2D eigenvalue weighted by Crippen LogP contribution is 2.24. The van der Waals surface area contributed by atoms with Crippen molar-refractivity contribution in [3.63, 3.8) is 0 Å². The number of fused-ring (bicyclic) bond motifs is 1. The standard InChI is InChI=1S/C22H20N4O3/c27-22(12-7-16-4-3-5-19(14-16)26(28)29)23-18-10-8-17(9-11-18)20-15-25-13-2-1-6-21(25)24-20/h3-5,7-12,14-15H,1-2,6,13H2,(H,23,27)/b12-7+. The monoisotopic (exact) mass is 388 g/mol. The number of nitrogens with one attached hydrogen (secondary N) is 1. The van der Waals surface area contributed by atoms with Gasteiger partial charge < -0.3 is 9.88 Å². The summed E-state index contributed by atoms with van der Waals surface area (Å²) in [5, 5.41) is 13.6. The van der Waals surface area contributed by atoms with E-state index in [-0.39, 0.29) is 11.6 Å². The maximum atomic E-state index is 12.1. The number of rotatable bonds is 5. The number of carbonyl (C=O) groups excluding carboxylic acids is 1. The Labute approximate surface area is 167 Å². The van der Waals surface area contributed by atoms with Crippen LogP contribution in [-0.2, 0) is 17.8 Å². The van der Waals surface area contributed by atoms with Crippen LogP contribution in [0.1, 0.15) is 24.2 Å². The lowest BCUT2D eigenvalue weighted by molar-refractivity contribution is -0.384. The Kier molecular flexibility index (Phi) is 5.20. The molecule has 1 aliphatic rings. The first-order chi connectivity index (χ1) is 14.1. The van der Waals surface area contributed by atoms with Crippen molar-refractivity contribution in [1.29, 1.82) is 0 Å². The number of anilines is 1. The number of carbonyl (C=O) groups is 1. The molecule has 29 heavy (non-hydrogen) atoms. The fraction of sp³-hybridized carbons (Fsp3) is 0.182. The Hall–Kier alpha value is -3.74. The van der Waals surface area contributed by atoms with Gasteiger partial charge in [-0.3, -0.25) is 14.9 Å². The maximum Gasteiger partial charge on any atom is 0.270 e. The smallest absolute Gasteiger partial charge is 0.270 e. The molecule has 0 saturated carbocycles. The summed E-state index contributed by atoms with van der Waals surface area (Å²) < 4.78 is 2.22. The predicted octanol–water partition coefficient (Wildman–Crippen LogP) is 4.45. The van der Waals surface area contributed by atoms with Crippen LogP contribution in [0.4, 0.5) is 11.4 Å². The highest BCUT2D eigenvalue weighted by atomic mass is 16.6. The molecule has 1 amide bonds. The number of imidazole rings is 1. The number of aromatic nitrogens is 2. The number of nitrogens with zero attached hydrogens (tertiary/aromatic N) is 3. The number of non-ortho nitro benzene ring substituents is 1. The Bertz CT molecular complexity index is 1060. The average molecular weight is 388 g/mol. The fourth-order valence-corrected chi connectivity index (χ4v) is 3.37. The van der Waals surface area contributed by atoms with Crippen molar-refractivity contribution in [2.24, 2.45) is 0 Å². The molecule has 0 spiro atoms. The Morgan fingerprint density at radius 3 is 2.76 bits per heavy atom. The molecule has 1 aliphatic heterocycles. The zero-order valence-corrected chi connectivity index (χ0v) is 15.7. The first kappa shape index (κ1) is 18.6. The van der Waals surface area contributed by atoms with Gasteiger partial charge in [0.1, 0.15) is 5.82 Å². The van der Waals surface area contributed by atoms with E-state index in [1.807, 2.05) is 24.3 Å². The third kappa shape index (κ3) is 4.40. The van der Waals surface area contributed by atoms with Crippen molar-refractivity contribution in [1.82, 2.24) is 9.55 Å². The van der Waals surface area contributed by atoms with Gasteiger partial charge >= 0.3 is 0 Å². The summed E-state index contributed by atoms with van der Waals surface area (Å²) in [5.74, 6) is 0.830. The number of aryl methyl sites for hydroxylation is 2. The van der Waals surface area contributed by atoms with Crippen LogP contribution in [0, 0.1) is 10.1 Å². The lowest BCUT2D eigenvalue weighted by Crippen LogP contribution is -2.08. The molecule has 1 aromatic heterocycles. The summed E-state index contributed by atoms with van der Waals surface area (Å²) in [6.45, 7) is 1.02. The molecule has 0 fully saturated rings. The minimum absolute atomic E-state index is 0.0101. The number of hydrogen-bond acceptors (Lipinski definition) is 4. The molecule has 7 nitrogen and oxygen atoms in total. The van der Waals surface area contributed by atoms with Crippen LogP contribution >= 0.6 is 0 Å². The quantitative estimate of drug-likeness (QED) is 0.397. The molecular formula is C22H20N4O3. The molecule has 0 aliphatic carbocycles. The molecule has 0 unspecified atom stereocenters. The van der Waals surface area contributed by atoms with Gasteiger partial charge in [-0.2, -0.15) is 0 Å². The molecule has 2 aromatic carbocycles. The number of benzene rings is 2. The summed E-state index contributed by atoms with van der Waals surface area (Å²) in [7, 11) is 0. The number of amides is 1. The van der Waals surface area contributed by atoms with Crippen molar-refractivity contribution < 1.29 is 9.72 Å². The summed E-state index contributed by atoms with van der Waals surface area (Å²) in [6.07, 6.45) is 8.39. The normalized spacial score (nSPS) is 13.2. The summed E-state index contributed by atoms with van der Waals surface area (Å²) in [4.78, 5) is 27.2. The minimum atomic E-state index is -0.463. The van der Waals surface area contributed by atoms with Gasteiger partial charge in [-0.1, -0.05) is 24.3 Å². The average Bonchev–Trinajstić information content (AvgIpc) is 3.17. The summed E-state index contributed by atoms with van der Waals surface area (Å²) in [6, 6.07) is 13.7. The highest BCUT2D eigenvalue weighted by Gasteiger charge is 2.13. The molecule has 4 rings (SSSR count). The second kappa shape index (κ2) is 8.10. The maximum absolute atomic E-state index is 12.1. The molecule has 3 aromatic rings. The van der Waals surface area contributed by atoms with Gasteiger partial charge in [0.25, 0.3) is 5.69 Å². The summed E-state index contributed by atoms with van der Waals surface area (Å²) in [5.41, 5.74) is 3.21. The van der Waals surface area contributed by atoms with Crippen molar-refractivity contribution >= 4 is 23.4 Å². The zero-order chi connectivity index (χ0) is 20.2.